The van der Waals surface area contributed by atoms with Gasteiger partial charge in [0.2, 0.25) is 5.78 Å². The summed E-state index contributed by atoms with van der Waals surface area (Å²) in [6.45, 7) is 0. The second kappa shape index (κ2) is 5.30. The van der Waals surface area contributed by atoms with Crippen LogP contribution in [-0.2, 0) is 0 Å². The number of nitrogens with zero attached hydrogens (tertiary/aromatic N) is 1. The highest BCUT2D eigenvalue weighted by Crippen LogP contribution is 2.38. The van der Waals surface area contributed by atoms with Gasteiger partial charge in [0, 0.05) is 24.0 Å². The van der Waals surface area contributed by atoms with Crippen LogP contribution in [0.5, 0.6) is 0 Å². The molecule has 2 nitrogen and oxygen atoms in total. The summed E-state index contributed by atoms with van der Waals surface area (Å²) in [6, 6.07) is 8.63. The summed E-state index contributed by atoms with van der Waals surface area (Å²) in [5.41, 5.74) is 0.315. The molecule has 0 aliphatic heterocycles. The van der Waals surface area contributed by atoms with E-state index in [0.717, 1.165) is 5.39 Å². The van der Waals surface area contributed by atoms with Gasteiger partial charge in [-0.25, -0.2) is 0 Å². The first-order valence-corrected chi connectivity index (χ1v) is 6.90. The molecule has 2 aromatic carbocycles. The normalized spacial score (nSPS) is 11.7. The summed E-state index contributed by atoms with van der Waals surface area (Å²) in [5.74, 6) is -1.41. The minimum Gasteiger partial charge on any atom is -0.377 e. The van der Waals surface area contributed by atoms with Crippen LogP contribution in [0.15, 0.2) is 34.8 Å². The molecule has 106 valence electrons. The molecule has 6 heteroatoms. The maximum absolute atomic E-state index is 13.2. The molecule has 0 unspecified atom stereocenters. The van der Waals surface area contributed by atoms with Gasteiger partial charge in [-0.15, -0.1) is 0 Å². The van der Waals surface area contributed by atoms with Crippen LogP contribution in [0.4, 0.5) is 14.5 Å². The average Bonchev–Trinajstić information content (AvgIpc) is 2.36. The van der Waals surface area contributed by atoms with Gasteiger partial charge < -0.3 is 4.90 Å². The number of carbonyl (C=O) groups excluding carboxylic acids is 1. The first-order valence-electron chi connectivity index (χ1n) is 5.73. The number of hydrogen-bond donors (Lipinski definition) is 0. The van der Waals surface area contributed by atoms with Crippen molar-refractivity contribution in [2.75, 3.05) is 19.0 Å². The van der Waals surface area contributed by atoms with E-state index in [9.17, 15) is 13.6 Å². The van der Waals surface area contributed by atoms with Crippen molar-refractivity contribution in [1.82, 2.24) is 0 Å². The molecule has 0 amide bonds. The lowest BCUT2D eigenvalue weighted by Crippen LogP contribution is -2.24. The summed E-state index contributed by atoms with van der Waals surface area (Å²) in [4.78, 5) is 13.5. The maximum atomic E-state index is 13.2. The van der Waals surface area contributed by atoms with E-state index < -0.39 is 11.2 Å². The molecule has 0 saturated heterocycles. The number of hydrogen-bond acceptors (Lipinski definition) is 2. The van der Waals surface area contributed by atoms with Gasteiger partial charge in [-0.3, -0.25) is 4.79 Å². The molecular formula is C14H11BrClF2NO. The van der Waals surface area contributed by atoms with Crippen LogP contribution in [0, 0.1) is 0 Å². The molecule has 0 fully saturated rings. The van der Waals surface area contributed by atoms with Crippen LogP contribution in [0.25, 0.3) is 10.8 Å². The van der Waals surface area contributed by atoms with Gasteiger partial charge in [0.15, 0.2) is 0 Å². The van der Waals surface area contributed by atoms with Crippen LogP contribution in [0.2, 0.25) is 0 Å². The summed E-state index contributed by atoms with van der Waals surface area (Å²) in [7, 11) is 3.39. The number of alkyl halides is 3. The molecule has 0 aliphatic rings. The van der Waals surface area contributed by atoms with Crippen molar-refractivity contribution in [3.05, 3.63) is 40.4 Å². The Kier molecular flexibility index (Phi) is 4.02. The number of ketones is 1. The van der Waals surface area contributed by atoms with Crippen molar-refractivity contribution in [3.63, 3.8) is 0 Å². The maximum Gasteiger partial charge on any atom is 0.385 e. The lowest BCUT2D eigenvalue weighted by Gasteiger charge is -2.21. The molecule has 0 heterocycles. The minimum atomic E-state index is -3.92. The van der Waals surface area contributed by atoms with E-state index >= 15 is 0 Å². The molecule has 0 radical (unpaired) electrons. The lowest BCUT2D eigenvalue weighted by molar-refractivity contribution is 0.0537. The van der Waals surface area contributed by atoms with E-state index in [4.69, 9.17) is 11.6 Å². The number of carbonyl (C=O) groups is 1. The van der Waals surface area contributed by atoms with Gasteiger partial charge >= 0.3 is 5.38 Å². The SMILES string of the molecule is CN(C)c1c(C(=O)C(F)(F)Cl)cc(Br)c2ccccc12. The highest BCUT2D eigenvalue weighted by Gasteiger charge is 2.38. The van der Waals surface area contributed by atoms with E-state index in [2.05, 4.69) is 15.9 Å². The van der Waals surface area contributed by atoms with Gasteiger partial charge in [-0.05, 0) is 23.1 Å². The van der Waals surface area contributed by atoms with Crippen LogP contribution < -0.4 is 4.90 Å². The van der Waals surface area contributed by atoms with E-state index in [0.29, 0.717) is 15.5 Å². The van der Waals surface area contributed by atoms with E-state index in [1.165, 1.54) is 6.07 Å². The number of benzene rings is 2. The topological polar surface area (TPSA) is 20.3 Å². The predicted molar refractivity (Wildman–Crippen MR) is 81.1 cm³/mol. The first-order chi connectivity index (χ1) is 9.23. The smallest absolute Gasteiger partial charge is 0.377 e. The third-order valence-corrected chi connectivity index (χ3v) is 3.74. The van der Waals surface area contributed by atoms with Crippen molar-refractivity contribution in [2.24, 2.45) is 0 Å². The standard InChI is InChI=1S/C14H11BrClF2NO/c1-19(2)12-9-6-4-3-5-8(9)11(15)7-10(12)13(20)14(16,17)18/h3-7H,1-2H3. The largest absolute Gasteiger partial charge is 0.385 e. The van der Waals surface area contributed by atoms with Crippen molar-refractivity contribution < 1.29 is 13.6 Å². The van der Waals surface area contributed by atoms with Gasteiger partial charge in [0.1, 0.15) is 0 Å². The number of rotatable bonds is 3. The van der Waals surface area contributed by atoms with E-state index in [-0.39, 0.29) is 5.56 Å². The highest BCUT2D eigenvalue weighted by atomic mass is 79.9. The second-order valence-electron chi connectivity index (χ2n) is 4.52. The minimum absolute atomic E-state index is 0.111. The molecule has 0 aromatic heterocycles. The molecule has 20 heavy (non-hydrogen) atoms. The Morgan fingerprint density at radius 2 is 1.80 bits per heavy atom. The number of anilines is 1. The van der Waals surface area contributed by atoms with Crippen molar-refractivity contribution in [3.8, 4) is 0 Å². The van der Waals surface area contributed by atoms with Crippen LogP contribution in [0.1, 0.15) is 10.4 Å². The number of Topliss-reactive ketones (excluding diaryl/α,β-unsaturated/α-hetero) is 1. The zero-order valence-corrected chi connectivity index (χ0v) is 13.1. The molecule has 0 spiro atoms. The zero-order chi connectivity index (χ0) is 15.1. The van der Waals surface area contributed by atoms with Gasteiger partial charge in [0.05, 0.1) is 11.3 Å². The Bertz CT molecular complexity index is 683. The van der Waals surface area contributed by atoms with Crippen LogP contribution in [-0.4, -0.2) is 25.3 Å². The molecule has 0 bridgehead atoms. The Morgan fingerprint density at radius 3 is 2.30 bits per heavy atom. The summed E-state index contributed by atoms with van der Waals surface area (Å²) >= 11 is 8.19. The Labute approximate surface area is 128 Å². The third kappa shape index (κ3) is 2.65. The predicted octanol–water partition coefficient (Wildman–Crippen LogP) is 4.68. The van der Waals surface area contributed by atoms with Crippen LogP contribution in [0.3, 0.4) is 0 Å². The molecule has 0 aliphatic carbocycles. The quantitative estimate of drug-likeness (QED) is 0.583. The van der Waals surface area contributed by atoms with Crippen molar-refractivity contribution in [1.29, 1.82) is 0 Å². The Balaban J connectivity index is 2.85. The number of halogens is 4. The fraction of sp³-hybridized carbons (Fsp3) is 0.214. The Morgan fingerprint density at radius 1 is 1.25 bits per heavy atom. The first kappa shape index (κ1) is 15.2. The van der Waals surface area contributed by atoms with Gasteiger partial charge in [-0.1, -0.05) is 40.2 Å². The molecule has 2 aromatic rings. The van der Waals surface area contributed by atoms with Crippen LogP contribution >= 0.6 is 27.5 Å². The molecule has 0 saturated carbocycles. The molecule has 0 atom stereocenters. The summed E-state index contributed by atoms with van der Waals surface area (Å²) in [6.07, 6.45) is 0. The fourth-order valence-corrected chi connectivity index (χ4v) is 2.80. The van der Waals surface area contributed by atoms with Crippen molar-refractivity contribution >= 4 is 49.8 Å². The van der Waals surface area contributed by atoms with E-state index in [1.54, 1.807) is 31.1 Å². The second-order valence-corrected chi connectivity index (χ2v) is 5.85. The average molecular weight is 363 g/mol. The number of fused-ring (bicyclic) bond motifs is 1. The fourth-order valence-electron chi connectivity index (χ4n) is 2.12. The van der Waals surface area contributed by atoms with Crippen molar-refractivity contribution in [2.45, 2.75) is 5.38 Å². The molecule has 0 N–H and O–H groups in total. The lowest BCUT2D eigenvalue weighted by atomic mass is 10.0. The third-order valence-electron chi connectivity index (χ3n) is 2.91. The van der Waals surface area contributed by atoms with Gasteiger partial charge in [0.25, 0.3) is 0 Å². The monoisotopic (exact) mass is 361 g/mol. The van der Waals surface area contributed by atoms with Gasteiger partial charge in [-0.2, -0.15) is 8.78 Å². The molecular weight excluding hydrogens is 352 g/mol. The highest BCUT2D eigenvalue weighted by molar-refractivity contribution is 9.10. The summed E-state index contributed by atoms with van der Waals surface area (Å²) < 4.78 is 26.9. The summed E-state index contributed by atoms with van der Waals surface area (Å²) in [5, 5.41) is -2.38. The Hall–Kier alpha value is -1.20. The van der Waals surface area contributed by atoms with E-state index in [1.807, 2.05) is 12.1 Å². The zero-order valence-electron chi connectivity index (χ0n) is 10.8. The molecule has 2 rings (SSSR count).